The fourth-order valence-corrected chi connectivity index (χ4v) is 4.32. The average Bonchev–Trinajstić information content (AvgIpc) is 3.04. The fourth-order valence-electron chi connectivity index (χ4n) is 4.32. The SMILES string of the molecule is Cc1cc(C(=O)N2CCCC(C(=O)N3CCc4ccccc4C3)C2)c(C)o1. The molecule has 0 N–H and O–H groups in total. The number of fused-ring (bicyclic) bond motifs is 1. The minimum Gasteiger partial charge on any atom is -0.466 e. The Bertz CT molecular complexity index is 870. The van der Waals surface area contributed by atoms with Crippen LogP contribution in [0.25, 0.3) is 0 Å². The van der Waals surface area contributed by atoms with Gasteiger partial charge in [0.2, 0.25) is 5.91 Å². The number of furan rings is 1. The van der Waals surface area contributed by atoms with Gasteiger partial charge in [-0.05, 0) is 50.3 Å². The molecule has 1 unspecified atom stereocenters. The van der Waals surface area contributed by atoms with Crippen LogP contribution in [0.4, 0.5) is 0 Å². The maximum absolute atomic E-state index is 13.1. The monoisotopic (exact) mass is 366 g/mol. The van der Waals surface area contributed by atoms with Crippen LogP contribution in [0.5, 0.6) is 0 Å². The van der Waals surface area contributed by atoms with E-state index in [0.29, 0.717) is 31.0 Å². The Kier molecular flexibility index (Phi) is 4.77. The summed E-state index contributed by atoms with van der Waals surface area (Å²) in [6.07, 6.45) is 2.62. The minimum atomic E-state index is -0.110. The van der Waals surface area contributed by atoms with Gasteiger partial charge in [0.25, 0.3) is 5.91 Å². The second-order valence-electron chi connectivity index (χ2n) is 7.70. The summed E-state index contributed by atoms with van der Waals surface area (Å²) in [6.45, 7) is 6.31. The van der Waals surface area contributed by atoms with Crippen LogP contribution in [0, 0.1) is 19.8 Å². The molecular formula is C22H26N2O3. The second-order valence-corrected chi connectivity index (χ2v) is 7.70. The van der Waals surface area contributed by atoms with Crippen molar-refractivity contribution in [2.24, 2.45) is 5.92 Å². The molecule has 3 heterocycles. The molecule has 1 saturated heterocycles. The molecule has 0 aliphatic carbocycles. The van der Waals surface area contributed by atoms with Gasteiger partial charge < -0.3 is 14.2 Å². The Labute approximate surface area is 159 Å². The Balaban J connectivity index is 1.44. The highest BCUT2D eigenvalue weighted by Crippen LogP contribution is 2.26. The van der Waals surface area contributed by atoms with Crippen LogP contribution in [0.1, 0.15) is 45.8 Å². The number of benzene rings is 1. The third kappa shape index (κ3) is 3.51. The van der Waals surface area contributed by atoms with Gasteiger partial charge in [0.1, 0.15) is 11.5 Å². The van der Waals surface area contributed by atoms with Gasteiger partial charge in [-0.1, -0.05) is 24.3 Å². The van der Waals surface area contributed by atoms with Gasteiger partial charge in [-0.2, -0.15) is 0 Å². The molecule has 1 fully saturated rings. The van der Waals surface area contributed by atoms with Crippen LogP contribution >= 0.6 is 0 Å². The van der Waals surface area contributed by atoms with Crippen molar-refractivity contribution in [3.05, 3.63) is 58.5 Å². The van der Waals surface area contributed by atoms with E-state index in [9.17, 15) is 9.59 Å². The Morgan fingerprint density at radius 2 is 1.85 bits per heavy atom. The summed E-state index contributed by atoms with van der Waals surface area (Å²) in [5.41, 5.74) is 3.20. The normalized spacial score (nSPS) is 19.7. The molecule has 4 rings (SSSR count). The highest BCUT2D eigenvalue weighted by Gasteiger charge is 2.33. The molecule has 0 saturated carbocycles. The van der Waals surface area contributed by atoms with Gasteiger partial charge >= 0.3 is 0 Å². The Morgan fingerprint density at radius 3 is 2.59 bits per heavy atom. The quantitative estimate of drug-likeness (QED) is 0.819. The van der Waals surface area contributed by atoms with Gasteiger partial charge in [0.15, 0.2) is 0 Å². The largest absolute Gasteiger partial charge is 0.466 e. The number of aryl methyl sites for hydroxylation is 2. The number of hydrogen-bond acceptors (Lipinski definition) is 3. The van der Waals surface area contributed by atoms with Crippen molar-refractivity contribution in [3.63, 3.8) is 0 Å². The predicted octanol–water partition coefficient (Wildman–Crippen LogP) is 3.33. The van der Waals surface area contributed by atoms with E-state index in [1.54, 1.807) is 6.07 Å². The predicted molar refractivity (Wildman–Crippen MR) is 102 cm³/mol. The van der Waals surface area contributed by atoms with Crippen LogP contribution < -0.4 is 0 Å². The van der Waals surface area contributed by atoms with E-state index in [-0.39, 0.29) is 17.7 Å². The van der Waals surface area contributed by atoms with Crippen LogP contribution in [-0.2, 0) is 17.8 Å². The van der Waals surface area contributed by atoms with E-state index in [4.69, 9.17) is 4.42 Å². The summed E-state index contributed by atoms with van der Waals surface area (Å²) in [5, 5.41) is 0. The summed E-state index contributed by atoms with van der Waals surface area (Å²) in [6, 6.07) is 10.1. The topological polar surface area (TPSA) is 53.8 Å². The lowest BCUT2D eigenvalue weighted by atomic mass is 9.93. The first-order valence-electron chi connectivity index (χ1n) is 9.75. The summed E-state index contributed by atoms with van der Waals surface area (Å²) >= 11 is 0. The summed E-state index contributed by atoms with van der Waals surface area (Å²) in [5.74, 6) is 1.44. The lowest BCUT2D eigenvalue weighted by molar-refractivity contribution is -0.137. The number of likely N-dealkylation sites (tertiary alicyclic amines) is 1. The average molecular weight is 366 g/mol. The third-order valence-electron chi connectivity index (χ3n) is 5.77. The van der Waals surface area contributed by atoms with Crippen molar-refractivity contribution in [2.75, 3.05) is 19.6 Å². The molecule has 1 aromatic carbocycles. The molecule has 5 nitrogen and oxygen atoms in total. The minimum absolute atomic E-state index is 0.0224. The van der Waals surface area contributed by atoms with Gasteiger partial charge in [-0.15, -0.1) is 0 Å². The van der Waals surface area contributed by atoms with Crippen LogP contribution in [-0.4, -0.2) is 41.2 Å². The second kappa shape index (κ2) is 7.22. The molecule has 2 aliphatic rings. The van der Waals surface area contributed by atoms with E-state index >= 15 is 0 Å². The first-order chi connectivity index (χ1) is 13.0. The van der Waals surface area contributed by atoms with Crippen LogP contribution in [0.15, 0.2) is 34.7 Å². The molecule has 2 amide bonds. The highest BCUT2D eigenvalue weighted by atomic mass is 16.3. The molecule has 142 valence electrons. The van der Waals surface area contributed by atoms with E-state index in [0.717, 1.165) is 31.6 Å². The zero-order valence-electron chi connectivity index (χ0n) is 16.0. The maximum Gasteiger partial charge on any atom is 0.257 e. The molecule has 0 radical (unpaired) electrons. The zero-order valence-corrected chi connectivity index (χ0v) is 16.0. The lowest BCUT2D eigenvalue weighted by Crippen LogP contribution is -2.47. The molecule has 2 aromatic rings. The van der Waals surface area contributed by atoms with E-state index in [1.807, 2.05) is 29.7 Å². The maximum atomic E-state index is 13.1. The van der Waals surface area contributed by atoms with Gasteiger partial charge in [-0.3, -0.25) is 9.59 Å². The number of piperidine rings is 1. The van der Waals surface area contributed by atoms with E-state index in [1.165, 1.54) is 11.1 Å². The third-order valence-corrected chi connectivity index (χ3v) is 5.77. The number of hydrogen-bond donors (Lipinski definition) is 0. The summed E-state index contributed by atoms with van der Waals surface area (Å²) in [4.78, 5) is 29.8. The standard InChI is InChI=1S/C22H26N2O3/c1-15-12-20(16(2)27-15)22(26)23-10-5-8-19(14-23)21(25)24-11-9-17-6-3-4-7-18(17)13-24/h3-4,6-7,12,19H,5,8-11,13-14H2,1-2H3. The number of nitrogens with zero attached hydrogens (tertiary/aromatic N) is 2. The number of rotatable bonds is 2. The lowest BCUT2D eigenvalue weighted by Gasteiger charge is -2.36. The number of amides is 2. The van der Waals surface area contributed by atoms with Crippen molar-refractivity contribution in [1.82, 2.24) is 9.80 Å². The summed E-state index contributed by atoms with van der Waals surface area (Å²) in [7, 11) is 0. The summed E-state index contributed by atoms with van der Waals surface area (Å²) < 4.78 is 5.51. The molecule has 1 aromatic heterocycles. The molecular weight excluding hydrogens is 340 g/mol. The van der Waals surface area contributed by atoms with Crippen LogP contribution in [0.3, 0.4) is 0 Å². The van der Waals surface area contributed by atoms with E-state index in [2.05, 4.69) is 18.2 Å². The highest BCUT2D eigenvalue weighted by molar-refractivity contribution is 5.95. The zero-order chi connectivity index (χ0) is 19.0. The van der Waals surface area contributed by atoms with Gasteiger partial charge in [-0.25, -0.2) is 0 Å². The van der Waals surface area contributed by atoms with E-state index < -0.39 is 0 Å². The molecule has 5 heteroatoms. The van der Waals surface area contributed by atoms with Gasteiger partial charge in [0, 0.05) is 26.2 Å². The molecule has 0 bridgehead atoms. The van der Waals surface area contributed by atoms with Gasteiger partial charge in [0.05, 0.1) is 11.5 Å². The van der Waals surface area contributed by atoms with Crippen molar-refractivity contribution in [2.45, 2.75) is 39.7 Å². The van der Waals surface area contributed by atoms with Crippen molar-refractivity contribution in [1.29, 1.82) is 0 Å². The number of carbonyl (C=O) groups excluding carboxylic acids is 2. The molecule has 0 spiro atoms. The number of carbonyl (C=O) groups is 2. The van der Waals surface area contributed by atoms with Crippen LogP contribution in [0.2, 0.25) is 0 Å². The molecule has 1 atom stereocenters. The van der Waals surface area contributed by atoms with Crippen molar-refractivity contribution in [3.8, 4) is 0 Å². The first-order valence-corrected chi connectivity index (χ1v) is 9.75. The smallest absolute Gasteiger partial charge is 0.257 e. The Hall–Kier alpha value is -2.56. The molecule has 27 heavy (non-hydrogen) atoms. The van der Waals surface area contributed by atoms with Crippen molar-refractivity contribution >= 4 is 11.8 Å². The fraction of sp³-hybridized carbons (Fsp3) is 0.455. The van der Waals surface area contributed by atoms with Crippen molar-refractivity contribution < 1.29 is 14.0 Å². The molecule has 2 aliphatic heterocycles. The Morgan fingerprint density at radius 1 is 1.07 bits per heavy atom. The first kappa shape index (κ1) is 17.8.